The second kappa shape index (κ2) is 5.58. The fourth-order valence-electron chi connectivity index (χ4n) is 1.59. The van der Waals surface area contributed by atoms with E-state index in [1.54, 1.807) is 6.92 Å². The van der Waals surface area contributed by atoms with E-state index in [0.717, 1.165) is 11.3 Å². The summed E-state index contributed by atoms with van der Waals surface area (Å²) in [6.45, 7) is 2.18. The molecule has 2 heterocycles. The molecule has 0 aliphatic rings. The van der Waals surface area contributed by atoms with E-state index in [-0.39, 0.29) is 16.1 Å². The summed E-state index contributed by atoms with van der Waals surface area (Å²) in [5, 5.41) is 16.4. The lowest BCUT2D eigenvalue weighted by Crippen LogP contribution is -2.10. The van der Waals surface area contributed by atoms with Crippen LogP contribution in [0.1, 0.15) is 27.0 Å². The van der Waals surface area contributed by atoms with E-state index in [0.29, 0.717) is 29.7 Å². The summed E-state index contributed by atoms with van der Waals surface area (Å²) >= 11 is 1.06. The maximum absolute atomic E-state index is 11.2. The third-order valence-corrected chi connectivity index (χ3v) is 3.66. The molecule has 0 aliphatic carbocycles. The van der Waals surface area contributed by atoms with Crippen LogP contribution >= 0.6 is 11.3 Å². The van der Waals surface area contributed by atoms with Crippen LogP contribution in [0.5, 0.6) is 0 Å². The van der Waals surface area contributed by atoms with Crippen molar-refractivity contribution in [2.45, 2.75) is 13.3 Å². The fourth-order valence-corrected chi connectivity index (χ4v) is 2.54. The number of nitrogens with zero attached hydrogens (tertiary/aromatic N) is 3. The van der Waals surface area contributed by atoms with Gasteiger partial charge in [0.15, 0.2) is 5.82 Å². The van der Waals surface area contributed by atoms with Crippen molar-refractivity contribution < 1.29 is 9.32 Å². The van der Waals surface area contributed by atoms with Crippen LogP contribution in [0.15, 0.2) is 4.52 Å². The van der Waals surface area contributed by atoms with Gasteiger partial charge in [0, 0.05) is 19.9 Å². The minimum absolute atomic E-state index is 0.114. The molecule has 2 rings (SSSR count). The number of nitrogens with two attached hydrogens (primary N) is 2. The number of nitrogens with one attached hydrogen (secondary N) is 1. The molecule has 9 heteroatoms. The zero-order chi connectivity index (χ0) is 14.7. The van der Waals surface area contributed by atoms with Crippen LogP contribution in [-0.2, 0) is 6.42 Å². The number of hydrogen-bond donors (Lipinski definition) is 3. The normalized spacial score (nSPS) is 10.2. The van der Waals surface area contributed by atoms with Crippen LogP contribution in [0.4, 0.5) is 10.7 Å². The molecule has 1 amide bonds. The Morgan fingerprint density at radius 1 is 1.60 bits per heavy atom. The lowest BCUT2D eigenvalue weighted by molar-refractivity contribution is 0.100. The summed E-state index contributed by atoms with van der Waals surface area (Å²) in [5.41, 5.74) is 11.2. The van der Waals surface area contributed by atoms with Gasteiger partial charge in [-0.15, -0.1) is 11.3 Å². The lowest BCUT2D eigenvalue weighted by Gasteiger charge is -2.01. The summed E-state index contributed by atoms with van der Waals surface area (Å²) in [6.07, 6.45) is 0.520. The predicted octanol–water partition coefficient (Wildman–Crippen LogP) is 0.647. The monoisotopic (exact) mass is 292 g/mol. The Hall–Kier alpha value is -2.60. The zero-order valence-electron chi connectivity index (χ0n) is 10.6. The minimum Gasteiger partial charge on any atom is -0.396 e. The number of amides is 1. The van der Waals surface area contributed by atoms with E-state index >= 15 is 0 Å². The van der Waals surface area contributed by atoms with Gasteiger partial charge < -0.3 is 21.3 Å². The van der Waals surface area contributed by atoms with E-state index in [1.807, 2.05) is 6.07 Å². The number of primary amides is 1. The number of carbonyl (C=O) groups is 1. The first kappa shape index (κ1) is 13.8. The van der Waals surface area contributed by atoms with E-state index in [1.165, 1.54) is 0 Å². The van der Waals surface area contributed by atoms with E-state index in [9.17, 15) is 4.79 Å². The number of nitrogen functional groups attached to an aromatic ring is 1. The maximum atomic E-state index is 11.2. The van der Waals surface area contributed by atoms with Crippen LogP contribution in [-0.4, -0.2) is 22.6 Å². The van der Waals surface area contributed by atoms with Crippen LogP contribution in [0.25, 0.3) is 0 Å². The Balaban J connectivity index is 2.08. The minimum atomic E-state index is -0.647. The van der Waals surface area contributed by atoms with Gasteiger partial charge in [-0.3, -0.25) is 4.79 Å². The van der Waals surface area contributed by atoms with Crippen molar-refractivity contribution in [1.82, 2.24) is 10.1 Å². The topological polar surface area (TPSA) is 144 Å². The highest BCUT2D eigenvalue weighted by Crippen LogP contribution is 2.34. The number of aromatic nitrogens is 2. The number of aryl methyl sites for hydroxylation is 1. The first-order chi connectivity index (χ1) is 9.52. The second-order valence-corrected chi connectivity index (χ2v) is 4.95. The van der Waals surface area contributed by atoms with Crippen molar-refractivity contribution in [3.63, 3.8) is 0 Å². The smallest absolute Gasteiger partial charge is 0.261 e. The second-order valence-electron chi connectivity index (χ2n) is 3.93. The zero-order valence-corrected chi connectivity index (χ0v) is 11.5. The Morgan fingerprint density at radius 2 is 2.35 bits per heavy atom. The van der Waals surface area contributed by atoms with Gasteiger partial charge in [0.05, 0.1) is 5.69 Å². The highest BCUT2D eigenvalue weighted by molar-refractivity contribution is 7.18. The molecule has 0 atom stereocenters. The number of hydrogen-bond acceptors (Lipinski definition) is 8. The van der Waals surface area contributed by atoms with Crippen molar-refractivity contribution in [3.05, 3.63) is 22.2 Å². The quantitative estimate of drug-likeness (QED) is 0.733. The van der Waals surface area contributed by atoms with Gasteiger partial charge in [-0.2, -0.15) is 10.2 Å². The molecule has 0 fully saturated rings. The molecule has 0 spiro atoms. The highest BCUT2D eigenvalue weighted by Gasteiger charge is 2.19. The van der Waals surface area contributed by atoms with Gasteiger partial charge in [0.2, 0.25) is 5.89 Å². The number of thiophene rings is 1. The summed E-state index contributed by atoms with van der Waals surface area (Å²) in [5.74, 6) is 0.410. The molecule has 2 aromatic heterocycles. The first-order valence-electron chi connectivity index (χ1n) is 5.68. The Labute approximate surface area is 118 Å². The molecule has 2 aromatic rings. The van der Waals surface area contributed by atoms with Gasteiger partial charge >= 0.3 is 0 Å². The largest absolute Gasteiger partial charge is 0.396 e. The molecule has 0 saturated heterocycles. The number of rotatable bonds is 5. The average molecular weight is 292 g/mol. The van der Waals surface area contributed by atoms with Gasteiger partial charge in [-0.05, 0) is 0 Å². The summed E-state index contributed by atoms with van der Waals surface area (Å²) in [4.78, 5) is 15.4. The molecule has 20 heavy (non-hydrogen) atoms. The summed E-state index contributed by atoms with van der Waals surface area (Å²) in [7, 11) is 0. The third-order valence-electron chi connectivity index (χ3n) is 2.48. The van der Waals surface area contributed by atoms with Crippen LogP contribution < -0.4 is 16.8 Å². The highest BCUT2D eigenvalue weighted by atomic mass is 32.1. The van der Waals surface area contributed by atoms with E-state index in [4.69, 9.17) is 21.3 Å². The van der Waals surface area contributed by atoms with Gasteiger partial charge in [0.25, 0.3) is 5.91 Å². The predicted molar refractivity (Wildman–Crippen MR) is 73.2 cm³/mol. The van der Waals surface area contributed by atoms with Gasteiger partial charge in [-0.25, -0.2) is 0 Å². The summed E-state index contributed by atoms with van der Waals surface area (Å²) in [6, 6.07) is 1.96. The van der Waals surface area contributed by atoms with Crippen molar-refractivity contribution in [3.8, 4) is 6.07 Å². The maximum Gasteiger partial charge on any atom is 0.261 e. The molecular formula is C11H12N6O2S. The SMILES string of the molecule is Cc1nc(CCNc2sc(C(N)=O)c(N)c2C#N)no1. The fraction of sp³-hybridized carbons (Fsp3) is 0.273. The standard InChI is InChI=1S/C11H12N6O2S/c1-5-16-7(17-19-5)2-3-15-11-6(4-12)8(13)9(20-11)10(14)18/h15H,2-3,13H2,1H3,(H2,14,18). The van der Waals surface area contributed by atoms with Gasteiger partial charge in [-0.1, -0.05) is 5.16 Å². The Bertz CT molecular complexity index is 684. The molecule has 0 saturated carbocycles. The molecule has 0 aromatic carbocycles. The van der Waals surface area contributed by atoms with Gasteiger partial charge in [0.1, 0.15) is 21.5 Å². The number of anilines is 2. The molecule has 5 N–H and O–H groups in total. The van der Waals surface area contributed by atoms with Crippen molar-refractivity contribution in [1.29, 1.82) is 5.26 Å². The van der Waals surface area contributed by atoms with Crippen LogP contribution in [0.2, 0.25) is 0 Å². The number of nitriles is 1. The average Bonchev–Trinajstić information content (AvgIpc) is 2.94. The summed E-state index contributed by atoms with van der Waals surface area (Å²) < 4.78 is 4.85. The van der Waals surface area contributed by atoms with Crippen molar-refractivity contribution in [2.24, 2.45) is 5.73 Å². The Kier molecular flexibility index (Phi) is 3.86. The van der Waals surface area contributed by atoms with Crippen LogP contribution in [0, 0.1) is 18.3 Å². The molecule has 0 unspecified atom stereocenters. The molecule has 0 bridgehead atoms. The molecule has 0 radical (unpaired) electrons. The first-order valence-corrected chi connectivity index (χ1v) is 6.49. The molecule has 104 valence electrons. The molecule has 8 nitrogen and oxygen atoms in total. The van der Waals surface area contributed by atoms with E-state index < -0.39 is 5.91 Å². The Morgan fingerprint density at radius 3 is 2.90 bits per heavy atom. The third kappa shape index (κ3) is 2.70. The molecule has 0 aliphatic heterocycles. The number of carbonyl (C=O) groups excluding carboxylic acids is 1. The lowest BCUT2D eigenvalue weighted by atomic mass is 10.2. The van der Waals surface area contributed by atoms with E-state index in [2.05, 4.69) is 15.5 Å². The van der Waals surface area contributed by atoms with Crippen molar-refractivity contribution in [2.75, 3.05) is 17.6 Å². The van der Waals surface area contributed by atoms with Crippen LogP contribution in [0.3, 0.4) is 0 Å². The van der Waals surface area contributed by atoms with Crippen molar-refractivity contribution >= 4 is 27.9 Å². The molecular weight excluding hydrogens is 280 g/mol.